The Morgan fingerprint density at radius 1 is 0.348 bits per heavy atom. The van der Waals surface area contributed by atoms with Crippen LogP contribution in [0.25, 0.3) is 65.7 Å². The zero-order valence-electron chi connectivity index (χ0n) is 25.1. The van der Waals surface area contributed by atoms with E-state index in [0.29, 0.717) is 0 Å². The molecular formula is C44H29NO. The number of hydrogen-bond donors (Lipinski definition) is 0. The number of anilines is 3. The summed E-state index contributed by atoms with van der Waals surface area (Å²) in [5.41, 5.74) is 9.76. The van der Waals surface area contributed by atoms with Gasteiger partial charge in [0.05, 0.1) is 11.4 Å². The Morgan fingerprint density at radius 2 is 0.891 bits per heavy atom. The number of hydrogen-bond acceptors (Lipinski definition) is 2. The molecule has 0 aliphatic heterocycles. The predicted molar refractivity (Wildman–Crippen MR) is 194 cm³/mol. The van der Waals surface area contributed by atoms with Crippen LogP contribution in [0.15, 0.2) is 180 Å². The number of para-hydroxylation sites is 2. The fraction of sp³-hybridized carbons (Fsp3) is 0. The first kappa shape index (κ1) is 26.3. The molecule has 9 rings (SSSR count). The molecule has 46 heavy (non-hydrogen) atoms. The van der Waals surface area contributed by atoms with Gasteiger partial charge in [-0.3, -0.25) is 0 Å². The average Bonchev–Trinajstić information content (AvgIpc) is 3.52. The van der Waals surface area contributed by atoms with Crippen molar-refractivity contribution in [2.24, 2.45) is 0 Å². The van der Waals surface area contributed by atoms with Crippen molar-refractivity contribution in [1.29, 1.82) is 0 Å². The van der Waals surface area contributed by atoms with E-state index in [9.17, 15) is 0 Å². The van der Waals surface area contributed by atoms with Gasteiger partial charge in [-0.1, -0.05) is 146 Å². The van der Waals surface area contributed by atoms with Crippen LogP contribution in [0.4, 0.5) is 17.1 Å². The van der Waals surface area contributed by atoms with Crippen molar-refractivity contribution < 1.29 is 4.42 Å². The van der Waals surface area contributed by atoms with Gasteiger partial charge in [-0.2, -0.15) is 0 Å². The Labute approximate surface area is 267 Å². The van der Waals surface area contributed by atoms with Gasteiger partial charge in [0.25, 0.3) is 0 Å². The predicted octanol–water partition coefficient (Wildman–Crippen LogP) is 12.7. The maximum atomic E-state index is 6.61. The van der Waals surface area contributed by atoms with Gasteiger partial charge in [-0.15, -0.1) is 0 Å². The molecule has 1 aromatic heterocycles. The topological polar surface area (TPSA) is 16.4 Å². The maximum Gasteiger partial charge on any atom is 0.159 e. The van der Waals surface area contributed by atoms with Gasteiger partial charge < -0.3 is 9.32 Å². The van der Waals surface area contributed by atoms with E-state index in [1.54, 1.807) is 0 Å². The van der Waals surface area contributed by atoms with Gasteiger partial charge in [0.1, 0.15) is 5.58 Å². The third-order valence-corrected chi connectivity index (χ3v) is 9.06. The first-order chi connectivity index (χ1) is 22.8. The zero-order chi connectivity index (χ0) is 30.5. The highest BCUT2D eigenvalue weighted by Gasteiger charge is 2.22. The summed E-state index contributed by atoms with van der Waals surface area (Å²) in [6.07, 6.45) is 0. The molecule has 1 heterocycles. The Kier molecular flexibility index (Phi) is 6.17. The van der Waals surface area contributed by atoms with Crippen molar-refractivity contribution in [3.8, 4) is 22.3 Å². The molecular weight excluding hydrogens is 558 g/mol. The summed E-state index contributed by atoms with van der Waals surface area (Å²) in [5.74, 6) is 0. The van der Waals surface area contributed by atoms with E-state index in [1.807, 2.05) is 12.1 Å². The molecule has 216 valence electrons. The van der Waals surface area contributed by atoms with E-state index in [1.165, 1.54) is 43.8 Å². The first-order valence-electron chi connectivity index (χ1n) is 15.7. The molecule has 0 saturated carbocycles. The van der Waals surface area contributed by atoms with E-state index >= 15 is 0 Å². The van der Waals surface area contributed by atoms with Crippen molar-refractivity contribution >= 4 is 60.5 Å². The van der Waals surface area contributed by atoms with Crippen LogP contribution in [0.2, 0.25) is 0 Å². The Hall–Kier alpha value is -6.12. The lowest BCUT2D eigenvalue weighted by molar-refractivity contribution is 0.669. The molecule has 0 spiro atoms. The lowest BCUT2D eigenvalue weighted by Crippen LogP contribution is -2.11. The fourth-order valence-electron chi connectivity index (χ4n) is 6.82. The number of furan rings is 1. The highest BCUT2D eigenvalue weighted by molar-refractivity contribution is 6.16. The van der Waals surface area contributed by atoms with Crippen molar-refractivity contribution in [2.75, 3.05) is 4.90 Å². The molecule has 0 aliphatic carbocycles. The van der Waals surface area contributed by atoms with Crippen molar-refractivity contribution in [2.45, 2.75) is 0 Å². The molecule has 9 aromatic rings. The molecule has 0 atom stereocenters. The Balaban J connectivity index is 1.23. The van der Waals surface area contributed by atoms with E-state index in [0.717, 1.165) is 39.0 Å². The summed E-state index contributed by atoms with van der Waals surface area (Å²) in [6, 6.07) is 62.7. The van der Waals surface area contributed by atoms with E-state index in [2.05, 4.69) is 169 Å². The van der Waals surface area contributed by atoms with Crippen LogP contribution < -0.4 is 4.90 Å². The summed E-state index contributed by atoms with van der Waals surface area (Å²) < 4.78 is 6.61. The molecule has 0 amide bonds. The second-order valence-corrected chi connectivity index (χ2v) is 11.7. The molecule has 0 bridgehead atoms. The quantitative estimate of drug-likeness (QED) is 0.186. The summed E-state index contributed by atoms with van der Waals surface area (Å²) >= 11 is 0. The normalized spacial score (nSPS) is 11.5. The third-order valence-electron chi connectivity index (χ3n) is 9.06. The van der Waals surface area contributed by atoms with Gasteiger partial charge in [0.2, 0.25) is 0 Å². The number of fused-ring (bicyclic) bond motifs is 6. The monoisotopic (exact) mass is 587 g/mol. The van der Waals surface area contributed by atoms with Crippen molar-refractivity contribution in [1.82, 2.24) is 0 Å². The molecule has 2 heteroatoms. The fourth-order valence-corrected chi connectivity index (χ4v) is 6.82. The lowest BCUT2D eigenvalue weighted by atomic mass is 9.98. The molecule has 0 fully saturated rings. The standard InChI is InChI=1S/C44H29NO/c1-2-11-30(12-3-1)31-21-23-32(24-22-31)33-25-27-35(28-26-33)45(41-19-10-18-40-39-17-8-9-20-43(39)46-44(40)41)42-29-34-13-4-5-14-36(34)37-15-6-7-16-38(37)42/h1-29H. The van der Waals surface area contributed by atoms with Crippen LogP contribution in [0.5, 0.6) is 0 Å². The van der Waals surface area contributed by atoms with E-state index in [-0.39, 0.29) is 0 Å². The van der Waals surface area contributed by atoms with Gasteiger partial charge >= 0.3 is 0 Å². The van der Waals surface area contributed by atoms with Crippen LogP contribution >= 0.6 is 0 Å². The Bertz CT molecular complexity index is 2510. The Morgan fingerprint density at radius 3 is 1.63 bits per heavy atom. The third kappa shape index (κ3) is 4.35. The van der Waals surface area contributed by atoms with Crippen molar-refractivity contribution in [3.63, 3.8) is 0 Å². The summed E-state index contributed by atoms with van der Waals surface area (Å²) in [4.78, 5) is 2.36. The highest BCUT2D eigenvalue weighted by Crippen LogP contribution is 2.46. The van der Waals surface area contributed by atoms with Gasteiger partial charge in [-0.05, 0) is 68.7 Å². The summed E-state index contributed by atoms with van der Waals surface area (Å²) in [6.45, 7) is 0. The van der Waals surface area contributed by atoms with Crippen LogP contribution in [-0.2, 0) is 0 Å². The van der Waals surface area contributed by atoms with E-state index < -0.39 is 0 Å². The van der Waals surface area contributed by atoms with Crippen LogP contribution in [0.1, 0.15) is 0 Å². The van der Waals surface area contributed by atoms with Crippen LogP contribution in [-0.4, -0.2) is 0 Å². The molecule has 0 unspecified atom stereocenters. The second-order valence-electron chi connectivity index (χ2n) is 11.7. The molecule has 8 aromatic carbocycles. The molecule has 0 saturated heterocycles. The SMILES string of the molecule is c1ccc(-c2ccc(-c3ccc(N(c4cc5ccccc5c5ccccc45)c4cccc5c4oc4ccccc45)cc3)cc2)cc1. The van der Waals surface area contributed by atoms with Crippen molar-refractivity contribution in [3.05, 3.63) is 176 Å². The zero-order valence-corrected chi connectivity index (χ0v) is 25.1. The molecule has 0 N–H and O–H groups in total. The van der Waals surface area contributed by atoms with Gasteiger partial charge in [0, 0.05) is 21.8 Å². The average molecular weight is 588 g/mol. The maximum absolute atomic E-state index is 6.61. The highest BCUT2D eigenvalue weighted by atomic mass is 16.3. The minimum Gasteiger partial charge on any atom is -0.454 e. The molecule has 0 aliphatic rings. The van der Waals surface area contributed by atoms with Crippen LogP contribution in [0, 0.1) is 0 Å². The number of nitrogens with zero attached hydrogens (tertiary/aromatic N) is 1. The smallest absolute Gasteiger partial charge is 0.159 e. The molecule has 0 radical (unpaired) electrons. The van der Waals surface area contributed by atoms with Crippen LogP contribution in [0.3, 0.4) is 0 Å². The minimum absolute atomic E-state index is 0.876. The first-order valence-corrected chi connectivity index (χ1v) is 15.7. The van der Waals surface area contributed by atoms with E-state index in [4.69, 9.17) is 4.42 Å². The van der Waals surface area contributed by atoms with Gasteiger partial charge in [0.15, 0.2) is 5.58 Å². The van der Waals surface area contributed by atoms with Gasteiger partial charge in [-0.25, -0.2) is 0 Å². The lowest BCUT2D eigenvalue weighted by Gasteiger charge is -2.27. The summed E-state index contributed by atoms with van der Waals surface area (Å²) in [7, 11) is 0. The largest absolute Gasteiger partial charge is 0.454 e. The second kappa shape index (κ2) is 10.8. The minimum atomic E-state index is 0.876. The summed E-state index contributed by atoms with van der Waals surface area (Å²) in [5, 5.41) is 7.10. The molecule has 2 nitrogen and oxygen atoms in total. The number of rotatable bonds is 5. The number of benzene rings is 8.